The Morgan fingerprint density at radius 3 is 2.35 bits per heavy atom. The van der Waals surface area contributed by atoms with E-state index in [4.69, 9.17) is 4.42 Å². The van der Waals surface area contributed by atoms with E-state index in [9.17, 15) is 8.42 Å². The SMILES string of the molecule is Cc1nc(C(C)(C)C)oc1CCCNS(=O)(=O)N(C)C. The summed E-state index contributed by atoms with van der Waals surface area (Å²) in [6.07, 6.45) is 1.34. The molecular weight excluding hydrogens is 278 g/mol. The highest BCUT2D eigenvalue weighted by molar-refractivity contribution is 7.87. The van der Waals surface area contributed by atoms with Gasteiger partial charge in [0.15, 0.2) is 5.89 Å². The van der Waals surface area contributed by atoms with E-state index in [2.05, 4.69) is 9.71 Å². The Hall–Kier alpha value is -0.920. The van der Waals surface area contributed by atoms with Gasteiger partial charge in [0.25, 0.3) is 10.2 Å². The molecule has 0 unspecified atom stereocenters. The molecule has 0 saturated carbocycles. The fourth-order valence-corrected chi connectivity index (χ4v) is 2.22. The molecule has 1 aromatic rings. The molecule has 0 fully saturated rings. The smallest absolute Gasteiger partial charge is 0.278 e. The van der Waals surface area contributed by atoms with Gasteiger partial charge in [-0.05, 0) is 13.3 Å². The van der Waals surface area contributed by atoms with Crippen LogP contribution in [0.25, 0.3) is 0 Å². The number of hydrogen-bond donors (Lipinski definition) is 1. The van der Waals surface area contributed by atoms with E-state index in [-0.39, 0.29) is 5.41 Å². The molecule has 1 aromatic heterocycles. The second kappa shape index (κ2) is 6.24. The Morgan fingerprint density at radius 1 is 1.30 bits per heavy atom. The Balaban J connectivity index is 2.54. The Labute approximate surface area is 121 Å². The number of aromatic nitrogens is 1. The van der Waals surface area contributed by atoms with Crippen molar-refractivity contribution in [2.75, 3.05) is 20.6 Å². The van der Waals surface area contributed by atoms with E-state index in [0.29, 0.717) is 19.4 Å². The van der Waals surface area contributed by atoms with E-state index < -0.39 is 10.2 Å². The van der Waals surface area contributed by atoms with E-state index in [0.717, 1.165) is 21.7 Å². The molecule has 0 atom stereocenters. The predicted molar refractivity (Wildman–Crippen MR) is 78.9 cm³/mol. The highest BCUT2D eigenvalue weighted by Gasteiger charge is 2.22. The Kier molecular flexibility index (Phi) is 5.34. The lowest BCUT2D eigenvalue weighted by Gasteiger charge is -2.12. The number of oxazole rings is 1. The molecule has 116 valence electrons. The molecule has 0 radical (unpaired) electrons. The summed E-state index contributed by atoms with van der Waals surface area (Å²) in [5.74, 6) is 1.55. The minimum atomic E-state index is -3.34. The number of hydrogen-bond acceptors (Lipinski definition) is 4. The molecule has 1 rings (SSSR count). The predicted octanol–water partition coefficient (Wildman–Crippen LogP) is 1.61. The van der Waals surface area contributed by atoms with Crippen molar-refractivity contribution in [3.63, 3.8) is 0 Å². The van der Waals surface area contributed by atoms with Gasteiger partial charge in [0.2, 0.25) is 0 Å². The van der Waals surface area contributed by atoms with Gasteiger partial charge in [0, 0.05) is 32.5 Å². The second-order valence-corrected chi connectivity index (χ2v) is 8.03. The van der Waals surface area contributed by atoms with Gasteiger partial charge in [0.05, 0.1) is 5.69 Å². The first-order chi connectivity index (χ1) is 9.04. The molecule has 1 heterocycles. The monoisotopic (exact) mass is 303 g/mol. The lowest BCUT2D eigenvalue weighted by molar-refractivity contribution is 0.370. The van der Waals surface area contributed by atoms with Gasteiger partial charge in [-0.1, -0.05) is 20.8 Å². The van der Waals surface area contributed by atoms with Gasteiger partial charge in [-0.3, -0.25) is 0 Å². The first kappa shape index (κ1) is 17.1. The first-order valence-corrected chi connectivity index (χ1v) is 8.12. The van der Waals surface area contributed by atoms with Crippen LogP contribution in [0.4, 0.5) is 0 Å². The summed E-state index contributed by atoms with van der Waals surface area (Å²) in [4.78, 5) is 4.42. The third kappa shape index (κ3) is 4.57. The summed E-state index contributed by atoms with van der Waals surface area (Å²) < 4.78 is 32.5. The molecule has 0 amide bonds. The van der Waals surface area contributed by atoms with Crippen molar-refractivity contribution in [3.05, 3.63) is 17.3 Å². The molecule has 0 aromatic carbocycles. The number of nitrogens with zero attached hydrogens (tertiary/aromatic N) is 2. The van der Waals surface area contributed by atoms with Crippen molar-refractivity contribution in [1.82, 2.24) is 14.0 Å². The minimum Gasteiger partial charge on any atom is -0.445 e. The van der Waals surface area contributed by atoms with Crippen molar-refractivity contribution >= 4 is 10.2 Å². The van der Waals surface area contributed by atoms with Gasteiger partial charge in [-0.25, -0.2) is 9.71 Å². The largest absolute Gasteiger partial charge is 0.445 e. The molecule has 0 bridgehead atoms. The van der Waals surface area contributed by atoms with Gasteiger partial charge < -0.3 is 4.42 Å². The molecule has 0 aliphatic rings. The van der Waals surface area contributed by atoms with Crippen LogP contribution in [-0.2, 0) is 22.0 Å². The number of rotatable bonds is 6. The van der Waals surface area contributed by atoms with Crippen LogP contribution >= 0.6 is 0 Å². The van der Waals surface area contributed by atoms with Crippen LogP contribution in [0.15, 0.2) is 4.42 Å². The topological polar surface area (TPSA) is 75.4 Å². The first-order valence-electron chi connectivity index (χ1n) is 6.68. The van der Waals surface area contributed by atoms with E-state index in [1.165, 1.54) is 14.1 Å². The minimum absolute atomic E-state index is 0.116. The van der Waals surface area contributed by atoms with Crippen LogP contribution in [-0.4, -0.2) is 38.3 Å². The zero-order chi connectivity index (χ0) is 15.6. The normalized spacial score (nSPS) is 13.2. The van der Waals surface area contributed by atoms with Crippen LogP contribution in [0.1, 0.15) is 44.5 Å². The van der Waals surface area contributed by atoms with Crippen LogP contribution in [0.3, 0.4) is 0 Å². The maximum atomic E-state index is 11.5. The molecule has 0 aliphatic heterocycles. The van der Waals surface area contributed by atoms with Gasteiger partial charge >= 0.3 is 0 Å². The maximum absolute atomic E-state index is 11.5. The van der Waals surface area contributed by atoms with Crippen LogP contribution in [0.2, 0.25) is 0 Å². The molecule has 1 N–H and O–H groups in total. The lowest BCUT2D eigenvalue weighted by Crippen LogP contribution is -2.36. The van der Waals surface area contributed by atoms with Gasteiger partial charge in [-0.15, -0.1) is 0 Å². The molecular formula is C13H25N3O3S. The average Bonchev–Trinajstić information content (AvgIpc) is 2.66. The summed E-state index contributed by atoms with van der Waals surface area (Å²) in [5.41, 5.74) is 0.764. The molecule has 20 heavy (non-hydrogen) atoms. The standard InChI is InChI=1S/C13H25N3O3S/c1-10-11(19-12(15-10)13(2,3)4)8-7-9-14-20(17,18)16(5)6/h14H,7-9H2,1-6H3. The van der Waals surface area contributed by atoms with Crippen LogP contribution in [0, 0.1) is 6.92 Å². The van der Waals surface area contributed by atoms with Crippen molar-refractivity contribution in [2.45, 2.75) is 46.0 Å². The third-order valence-corrected chi connectivity index (χ3v) is 4.41. The molecule has 0 saturated heterocycles. The van der Waals surface area contributed by atoms with Crippen molar-refractivity contribution in [2.24, 2.45) is 0 Å². The second-order valence-electron chi connectivity index (χ2n) is 6.06. The lowest BCUT2D eigenvalue weighted by atomic mass is 9.97. The quantitative estimate of drug-likeness (QED) is 0.810. The molecule has 6 nitrogen and oxygen atoms in total. The summed E-state index contributed by atoms with van der Waals surface area (Å²) in [6.45, 7) is 8.44. The Morgan fingerprint density at radius 2 is 1.90 bits per heavy atom. The highest BCUT2D eigenvalue weighted by Crippen LogP contribution is 2.24. The van der Waals surface area contributed by atoms with E-state index in [1.54, 1.807) is 0 Å². The van der Waals surface area contributed by atoms with E-state index in [1.807, 2.05) is 27.7 Å². The summed E-state index contributed by atoms with van der Waals surface area (Å²) in [5, 5.41) is 0. The molecule has 0 spiro atoms. The summed E-state index contributed by atoms with van der Waals surface area (Å²) in [6, 6.07) is 0. The highest BCUT2D eigenvalue weighted by atomic mass is 32.2. The molecule has 0 aliphatic carbocycles. The van der Waals surface area contributed by atoms with Crippen LogP contribution < -0.4 is 4.72 Å². The van der Waals surface area contributed by atoms with Crippen LogP contribution in [0.5, 0.6) is 0 Å². The van der Waals surface area contributed by atoms with Crippen molar-refractivity contribution in [3.8, 4) is 0 Å². The van der Waals surface area contributed by atoms with Gasteiger partial charge in [0.1, 0.15) is 5.76 Å². The van der Waals surface area contributed by atoms with Crippen molar-refractivity contribution < 1.29 is 12.8 Å². The fourth-order valence-electron chi connectivity index (χ4n) is 1.56. The Bertz CT molecular complexity index is 542. The number of aryl methyl sites for hydroxylation is 2. The summed E-state index contributed by atoms with van der Waals surface area (Å²) in [7, 11) is -0.347. The molecule has 7 heteroatoms. The fraction of sp³-hybridized carbons (Fsp3) is 0.769. The van der Waals surface area contributed by atoms with Crippen molar-refractivity contribution in [1.29, 1.82) is 0 Å². The maximum Gasteiger partial charge on any atom is 0.278 e. The van der Waals surface area contributed by atoms with E-state index >= 15 is 0 Å². The number of nitrogens with one attached hydrogen (secondary N) is 1. The zero-order valence-electron chi connectivity index (χ0n) is 13.1. The zero-order valence-corrected chi connectivity index (χ0v) is 14.0. The summed E-state index contributed by atoms with van der Waals surface area (Å²) >= 11 is 0. The van der Waals surface area contributed by atoms with Gasteiger partial charge in [-0.2, -0.15) is 12.7 Å². The third-order valence-electron chi connectivity index (χ3n) is 2.88. The average molecular weight is 303 g/mol.